The Morgan fingerprint density at radius 2 is 1.90 bits per heavy atom. The molecule has 1 aromatic heterocycles. The number of carboxylic acids is 1. The van der Waals surface area contributed by atoms with E-state index < -0.39 is 5.97 Å². The van der Waals surface area contributed by atoms with Gasteiger partial charge in [-0.2, -0.15) is 0 Å². The van der Waals surface area contributed by atoms with E-state index >= 15 is 0 Å². The average Bonchev–Trinajstić information content (AvgIpc) is 3.12. The second-order valence-corrected chi connectivity index (χ2v) is 7.93. The molecule has 1 aliphatic carbocycles. The highest BCUT2D eigenvalue weighted by Gasteiger charge is 2.20. The highest BCUT2D eigenvalue weighted by molar-refractivity contribution is 5.95. The molecule has 0 bridgehead atoms. The first-order valence-corrected chi connectivity index (χ1v) is 10.9. The molecule has 1 fully saturated rings. The van der Waals surface area contributed by atoms with Crippen LogP contribution in [-0.2, 0) is 11.2 Å². The second-order valence-electron chi connectivity index (χ2n) is 7.93. The molecular weight excluding hydrogens is 394 g/mol. The number of fused-ring (bicyclic) bond motifs is 1. The van der Waals surface area contributed by atoms with Gasteiger partial charge < -0.3 is 24.3 Å². The van der Waals surface area contributed by atoms with E-state index in [4.69, 9.17) is 14.2 Å². The molecule has 0 saturated heterocycles. The summed E-state index contributed by atoms with van der Waals surface area (Å²) in [5, 5.41) is 10.5. The Morgan fingerprint density at radius 3 is 2.61 bits per heavy atom. The van der Waals surface area contributed by atoms with E-state index in [0.29, 0.717) is 18.1 Å². The molecule has 2 aromatic carbocycles. The number of carboxylic acid groups (broad SMARTS) is 1. The molecule has 0 amide bonds. The lowest BCUT2D eigenvalue weighted by atomic mass is 9.97. The molecule has 6 nitrogen and oxygen atoms in total. The fourth-order valence-electron chi connectivity index (χ4n) is 4.36. The van der Waals surface area contributed by atoms with Crippen LogP contribution in [0.3, 0.4) is 0 Å². The van der Waals surface area contributed by atoms with E-state index in [9.17, 15) is 9.90 Å². The number of hydrogen-bond donors (Lipinski definition) is 2. The van der Waals surface area contributed by atoms with Crippen molar-refractivity contribution in [2.75, 3.05) is 13.7 Å². The fourth-order valence-corrected chi connectivity index (χ4v) is 4.36. The van der Waals surface area contributed by atoms with Gasteiger partial charge in [0.1, 0.15) is 5.75 Å². The molecule has 4 rings (SSSR count). The summed E-state index contributed by atoms with van der Waals surface area (Å²) < 4.78 is 17.3. The predicted octanol–water partition coefficient (Wildman–Crippen LogP) is 5.58. The average molecular weight is 424 g/mol. The number of benzene rings is 2. The normalized spacial score (nSPS) is 14.5. The van der Waals surface area contributed by atoms with Gasteiger partial charge in [0.15, 0.2) is 11.5 Å². The quantitative estimate of drug-likeness (QED) is 0.494. The molecule has 31 heavy (non-hydrogen) atoms. The van der Waals surface area contributed by atoms with Gasteiger partial charge in [-0.25, -0.2) is 0 Å². The van der Waals surface area contributed by atoms with Crippen LogP contribution < -0.4 is 14.2 Å². The minimum absolute atomic E-state index is 0.0851. The molecule has 1 aliphatic rings. The lowest BCUT2D eigenvalue weighted by Gasteiger charge is -2.23. The smallest absolute Gasteiger partial charge is 0.307 e. The van der Waals surface area contributed by atoms with Gasteiger partial charge >= 0.3 is 5.97 Å². The number of H-pyrrole nitrogens is 1. The third-order valence-electron chi connectivity index (χ3n) is 5.81. The molecule has 0 unspecified atom stereocenters. The zero-order valence-corrected chi connectivity index (χ0v) is 18.1. The van der Waals surface area contributed by atoms with E-state index in [2.05, 4.69) is 4.98 Å². The molecule has 0 aliphatic heterocycles. The highest BCUT2D eigenvalue weighted by Crippen LogP contribution is 2.37. The van der Waals surface area contributed by atoms with Gasteiger partial charge in [0.25, 0.3) is 0 Å². The summed E-state index contributed by atoms with van der Waals surface area (Å²) in [6.07, 6.45) is 5.97. The second kappa shape index (κ2) is 9.33. The summed E-state index contributed by atoms with van der Waals surface area (Å²) in [5.41, 5.74) is 3.25. The molecule has 164 valence electrons. The summed E-state index contributed by atoms with van der Waals surface area (Å²) in [6.45, 7) is 2.43. The van der Waals surface area contributed by atoms with Crippen LogP contribution in [0.4, 0.5) is 0 Å². The third kappa shape index (κ3) is 4.63. The topological polar surface area (TPSA) is 80.8 Å². The summed E-state index contributed by atoms with van der Waals surface area (Å²) in [4.78, 5) is 15.1. The van der Waals surface area contributed by atoms with Crippen molar-refractivity contribution in [1.29, 1.82) is 0 Å². The lowest BCUT2D eigenvalue weighted by molar-refractivity contribution is -0.136. The van der Waals surface area contributed by atoms with Gasteiger partial charge in [0, 0.05) is 16.5 Å². The minimum Gasteiger partial charge on any atom is -0.493 e. The van der Waals surface area contributed by atoms with E-state index in [0.717, 1.165) is 46.3 Å². The van der Waals surface area contributed by atoms with Crippen LogP contribution >= 0.6 is 0 Å². The fraction of sp³-hybridized carbons (Fsp3) is 0.400. The maximum absolute atomic E-state index is 11.7. The number of nitrogens with one attached hydrogen (secondary N) is 1. The Hall–Kier alpha value is -3.15. The maximum atomic E-state index is 11.7. The molecule has 3 aromatic rings. The largest absolute Gasteiger partial charge is 0.493 e. The van der Waals surface area contributed by atoms with E-state index in [1.54, 1.807) is 7.11 Å². The summed E-state index contributed by atoms with van der Waals surface area (Å²) in [6, 6.07) is 11.5. The lowest BCUT2D eigenvalue weighted by Crippen LogP contribution is -2.19. The van der Waals surface area contributed by atoms with Crippen LogP contribution in [0.2, 0.25) is 0 Å². The predicted molar refractivity (Wildman–Crippen MR) is 120 cm³/mol. The molecule has 0 radical (unpaired) electrons. The number of carbonyl (C=O) groups is 1. The third-order valence-corrected chi connectivity index (χ3v) is 5.81. The van der Waals surface area contributed by atoms with Crippen molar-refractivity contribution in [2.45, 2.75) is 51.6 Å². The molecule has 1 saturated carbocycles. The molecule has 2 N–H and O–H groups in total. The van der Waals surface area contributed by atoms with Gasteiger partial charge in [-0.3, -0.25) is 4.79 Å². The number of rotatable bonds is 8. The van der Waals surface area contributed by atoms with Crippen LogP contribution in [0.1, 0.15) is 44.6 Å². The first-order chi connectivity index (χ1) is 15.1. The summed E-state index contributed by atoms with van der Waals surface area (Å²) in [7, 11) is 1.60. The van der Waals surface area contributed by atoms with E-state index in [1.807, 2.05) is 43.3 Å². The Morgan fingerprint density at radius 1 is 1.10 bits per heavy atom. The van der Waals surface area contributed by atoms with Crippen molar-refractivity contribution in [2.24, 2.45) is 0 Å². The zero-order valence-electron chi connectivity index (χ0n) is 18.1. The number of hydrogen-bond acceptors (Lipinski definition) is 4. The van der Waals surface area contributed by atoms with Crippen molar-refractivity contribution in [3.63, 3.8) is 0 Å². The first-order valence-electron chi connectivity index (χ1n) is 10.9. The highest BCUT2D eigenvalue weighted by atomic mass is 16.5. The van der Waals surface area contributed by atoms with Gasteiger partial charge in [0.05, 0.1) is 31.9 Å². The van der Waals surface area contributed by atoms with Crippen LogP contribution in [0, 0.1) is 0 Å². The number of aromatic nitrogens is 1. The van der Waals surface area contributed by atoms with Gasteiger partial charge in [-0.1, -0.05) is 6.42 Å². The SMILES string of the molecule is CCOc1cc(-c2[nH]c3ccc(OC4CCCCC4)cc3c2CC(=O)O)ccc1OC. The Balaban J connectivity index is 1.76. The molecule has 0 spiro atoms. The first kappa shape index (κ1) is 21.1. The molecular formula is C25H29NO5. The van der Waals surface area contributed by atoms with Crippen molar-refractivity contribution < 1.29 is 24.1 Å². The molecule has 6 heteroatoms. The van der Waals surface area contributed by atoms with Gasteiger partial charge in [-0.15, -0.1) is 0 Å². The van der Waals surface area contributed by atoms with E-state index in [1.165, 1.54) is 19.3 Å². The minimum atomic E-state index is -0.876. The van der Waals surface area contributed by atoms with Crippen LogP contribution in [0.5, 0.6) is 17.2 Å². The Bertz CT molecular complexity index is 1070. The number of methoxy groups -OCH3 is 1. The Kier molecular flexibility index (Phi) is 6.35. The zero-order chi connectivity index (χ0) is 21.8. The van der Waals surface area contributed by atoms with Crippen molar-refractivity contribution in [3.8, 4) is 28.5 Å². The van der Waals surface area contributed by atoms with Crippen molar-refractivity contribution in [1.82, 2.24) is 4.98 Å². The van der Waals surface area contributed by atoms with Gasteiger partial charge in [0.2, 0.25) is 0 Å². The summed E-state index contributed by atoms with van der Waals surface area (Å²) in [5.74, 6) is 1.19. The summed E-state index contributed by atoms with van der Waals surface area (Å²) >= 11 is 0. The van der Waals surface area contributed by atoms with Crippen LogP contribution in [0.15, 0.2) is 36.4 Å². The molecule has 1 heterocycles. The van der Waals surface area contributed by atoms with Gasteiger partial charge in [-0.05, 0) is 74.6 Å². The van der Waals surface area contributed by atoms with E-state index in [-0.39, 0.29) is 12.5 Å². The monoisotopic (exact) mass is 423 g/mol. The maximum Gasteiger partial charge on any atom is 0.307 e. The van der Waals surface area contributed by atoms with Crippen LogP contribution in [0.25, 0.3) is 22.2 Å². The Labute approximate surface area is 182 Å². The van der Waals surface area contributed by atoms with Crippen LogP contribution in [-0.4, -0.2) is 35.9 Å². The number of aromatic amines is 1. The molecule has 0 atom stereocenters. The van der Waals surface area contributed by atoms with Crippen molar-refractivity contribution >= 4 is 16.9 Å². The van der Waals surface area contributed by atoms with Crippen molar-refractivity contribution in [3.05, 3.63) is 42.0 Å². The number of ether oxygens (including phenoxy) is 3. The number of aliphatic carboxylic acids is 1. The standard InChI is InChI=1S/C25H29NO5/c1-3-30-23-13-16(9-12-22(23)29-2)25-20(15-24(27)28)19-14-18(10-11-21(19)26-25)31-17-7-5-4-6-8-17/h9-14,17,26H,3-8,15H2,1-2H3,(H,27,28).